The molecule has 1 saturated heterocycles. The number of hydrogen-bond donors (Lipinski definition) is 0. The van der Waals surface area contributed by atoms with E-state index in [1.165, 1.54) is 24.3 Å². The third-order valence-electron chi connectivity index (χ3n) is 4.92. The SMILES string of the molecule is COc1ccccc1S(=O)(=O)N1CCN(c2ccc(C3CC3)nn2)CC1. The summed E-state index contributed by atoms with van der Waals surface area (Å²) < 4.78 is 32.6. The van der Waals surface area contributed by atoms with Gasteiger partial charge in [-0.3, -0.25) is 0 Å². The first kappa shape index (κ1) is 17.2. The van der Waals surface area contributed by atoms with E-state index in [4.69, 9.17) is 4.74 Å². The van der Waals surface area contributed by atoms with E-state index < -0.39 is 10.0 Å². The predicted molar refractivity (Wildman–Crippen MR) is 98.0 cm³/mol. The lowest BCUT2D eigenvalue weighted by Crippen LogP contribution is -2.49. The van der Waals surface area contributed by atoms with Crippen LogP contribution >= 0.6 is 0 Å². The fourth-order valence-electron chi connectivity index (χ4n) is 3.23. The van der Waals surface area contributed by atoms with Gasteiger partial charge in [-0.1, -0.05) is 12.1 Å². The zero-order valence-electron chi connectivity index (χ0n) is 14.7. The molecule has 0 radical (unpaired) electrons. The molecule has 4 rings (SSSR count). The van der Waals surface area contributed by atoms with Crippen molar-refractivity contribution in [3.05, 3.63) is 42.1 Å². The third-order valence-corrected chi connectivity index (χ3v) is 6.85. The van der Waals surface area contributed by atoms with Gasteiger partial charge in [-0.25, -0.2) is 8.42 Å². The van der Waals surface area contributed by atoms with Crippen LogP contribution in [0.5, 0.6) is 5.75 Å². The lowest BCUT2D eigenvalue weighted by atomic mass is 10.2. The molecule has 8 heteroatoms. The summed E-state index contributed by atoms with van der Waals surface area (Å²) in [7, 11) is -2.09. The van der Waals surface area contributed by atoms with Crippen LogP contribution in [-0.2, 0) is 10.0 Å². The molecule has 0 spiro atoms. The van der Waals surface area contributed by atoms with Gasteiger partial charge in [0, 0.05) is 32.1 Å². The maximum Gasteiger partial charge on any atom is 0.246 e. The number of methoxy groups -OCH3 is 1. The quantitative estimate of drug-likeness (QED) is 0.795. The second-order valence-electron chi connectivity index (χ2n) is 6.63. The molecule has 0 atom stereocenters. The normalized spacial score (nSPS) is 18.7. The lowest BCUT2D eigenvalue weighted by molar-refractivity contribution is 0.373. The number of piperazine rings is 1. The van der Waals surface area contributed by atoms with Crippen LogP contribution in [0.25, 0.3) is 0 Å². The van der Waals surface area contributed by atoms with Gasteiger partial charge in [-0.15, -0.1) is 5.10 Å². The Balaban J connectivity index is 1.45. The fraction of sp³-hybridized carbons (Fsp3) is 0.444. The summed E-state index contributed by atoms with van der Waals surface area (Å²) in [5, 5.41) is 8.64. The number of nitrogens with zero attached hydrogens (tertiary/aromatic N) is 4. The molecule has 26 heavy (non-hydrogen) atoms. The Hall–Kier alpha value is -2.19. The Morgan fingerprint density at radius 1 is 1.00 bits per heavy atom. The predicted octanol–water partition coefficient (Wildman–Crippen LogP) is 1.87. The van der Waals surface area contributed by atoms with Crippen LogP contribution in [0.1, 0.15) is 24.5 Å². The highest BCUT2D eigenvalue weighted by Gasteiger charge is 2.31. The monoisotopic (exact) mass is 374 g/mol. The smallest absolute Gasteiger partial charge is 0.246 e. The molecular formula is C18H22N4O3S. The summed E-state index contributed by atoms with van der Waals surface area (Å²) in [4.78, 5) is 2.29. The minimum Gasteiger partial charge on any atom is -0.495 e. The Morgan fingerprint density at radius 3 is 2.35 bits per heavy atom. The van der Waals surface area contributed by atoms with Crippen molar-refractivity contribution in [3.63, 3.8) is 0 Å². The number of ether oxygens (including phenoxy) is 1. The molecule has 0 bridgehead atoms. The molecule has 1 aliphatic carbocycles. The number of para-hydroxylation sites is 1. The molecule has 1 aromatic heterocycles. The lowest BCUT2D eigenvalue weighted by Gasteiger charge is -2.34. The second kappa shape index (κ2) is 6.85. The molecule has 138 valence electrons. The molecule has 2 fully saturated rings. The molecule has 2 aliphatic rings. The van der Waals surface area contributed by atoms with Gasteiger partial charge in [0.15, 0.2) is 5.82 Å². The van der Waals surface area contributed by atoms with Crippen molar-refractivity contribution in [2.24, 2.45) is 0 Å². The van der Waals surface area contributed by atoms with Crippen molar-refractivity contribution in [2.75, 3.05) is 38.2 Å². The molecule has 7 nitrogen and oxygen atoms in total. The van der Waals surface area contributed by atoms with E-state index >= 15 is 0 Å². The van der Waals surface area contributed by atoms with Gasteiger partial charge in [-0.05, 0) is 37.1 Å². The number of sulfonamides is 1. The maximum absolute atomic E-state index is 12.9. The van der Waals surface area contributed by atoms with Gasteiger partial charge in [0.1, 0.15) is 10.6 Å². The summed E-state index contributed by atoms with van der Waals surface area (Å²) in [5.41, 5.74) is 1.06. The summed E-state index contributed by atoms with van der Waals surface area (Å²) in [6, 6.07) is 10.8. The minimum atomic E-state index is -3.57. The van der Waals surface area contributed by atoms with Crippen molar-refractivity contribution in [3.8, 4) is 5.75 Å². The second-order valence-corrected chi connectivity index (χ2v) is 8.54. The van der Waals surface area contributed by atoms with Crippen LogP contribution in [0.3, 0.4) is 0 Å². The number of aromatic nitrogens is 2. The van der Waals surface area contributed by atoms with Gasteiger partial charge < -0.3 is 9.64 Å². The fourth-order valence-corrected chi connectivity index (χ4v) is 4.81. The molecule has 1 aliphatic heterocycles. The first-order chi connectivity index (χ1) is 12.6. The first-order valence-corrected chi connectivity index (χ1v) is 10.3. The zero-order valence-corrected chi connectivity index (χ0v) is 15.5. The van der Waals surface area contributed by atoms with E-state index in [9.17, 15) is 8.42 Å². The standard InChI is InChI=1S/C18H22N4O3S/c1-25-16-4-2-3-5-17(16)26(23,24)22-12-10-21(11-13-22)18-9-8-15(19-20-18)14-6-7-14/h2-5,8-9,14H,6-7,10-13H2,1H3. The van der Waals surface area contributed by atoms with Crippen molar-refractivity contribution in [1.82, 2.24) is 14.5 Å². The van der Waals surface area contributed by atoms with Crippen LogP contribution < -0.4 is 9.64 Å². The molecule has 0 N–H and O–H groups in total. The van der Waals surface area contributed by atoms with Gasteiger partial charge in [0.25, 0.3) is 0 Å². The number of rotatable bonds is 5. The van der Waals surface area contributed by atoms with E-state index in [2.05, 4.69) is 15.1 Å². The van der Waals surface area contributed by atoms with Crippen molar-refractivity contribution in [1.29, 1.82) is 0 Å². The van der Waals surface area contributed by atoms with Crippen LogP contribution in [0.4, 0.5) is 5.82 Å². The van der Waals surface area contributed by atoms with E-state index in [-0.39, 0.29) is 4.90 Å². The molecule has 0 unspecified atom stereocenters. The van der Waals surface area contributed by atoms with E-state index in [1.54, 1.807) is 24.3 Å². The van der Waals surface area contributed by atoms with Crippen LogP contribution in [-0.4, -0.2) is 56.2 Å². The summed E-state index contributed by atoms with van der Waals surface area (Å²) >= 11 is 0. The summed E-state index contributed by atoms with van der Waals surface area (Å²) in [5.74, 6) is 1.76. The van der Waals surface area contributed by atoms with Crippen molar-refractivity contribution in [2.45, 2.75) is 23.7 Å². The average Bonchev–Trinajstić information content (AvgIpc) is 3.53. The molecule has 1 aromatic carbocycles. The molecule has 1 saturated carbocycles. The Bertz CT molecular complexity index is 874. The third kappa shape index (κ3) is 3.26. The van der Waals surface area contributed by atoms with Crippen LogP contribution in [0.2, 0.25) is 0 Å². The van der Waals surface area contributed by atoms with Gasteiger partial charge >= 0.3 is 0 Å². The Labute approximate surface area is 153 Å². The maximum atomic E-state index is 12.9. The number of benzene rings is 1. The largest absolute Gasteiger partial charge is 0.495 e. The van der Waals surface area contributed by atoms with Crippen molar-refractivity contribution < 1.29 is 13.2 Å². The summed E-state index contributed by atoms with van der Waals surface area (Å²) in [6.07, 6.45) is 2.40. The Kier molecular flexibility index (Phi) is 4.54. The van der Waals surface area contributed by atoms with Crippen molar-refractivity contribution >= 4 is 15.8 Å². The van der Waals surface area contributed by atoms with E-state index in [1.807, 2.05) is 12.1 Å². The highest BCUT2D eigenvalue weighted by molar-refractivity contribution is 7.89. The molecule has 0 amide bonds. The minimum absolute atomic E-state index is 0.213. The van der Waals surface area contributed by atoms with E-state index in [0.29, 0.717) is 37.8 Å². The Morgan fingerprint density at radius 2 is 1.73 bits per heavy atom. The number of hydrogen-bond acceptors (Lipinski definition) is 6. The summed E-state index contributed by atoms with van der Waals surface area (Å²) in [6.45, 7) is 2.00. The van der Waals surface area contributed by atoms with E-state index in [0.717, 1.165) is 11.5 Å². The molecular weight excluding hydrogens is 352 g/mol. The average molecular weight is 374 g/mol. The number of anilines is 1. The highest BCUT2D eigenvalue weighted by atomic mass is 32.2. The van der Waals surface area contributed by atoms with Crippen LogP contribution in [0, 0.1) is 0 Å². The topological polar surface area (TPSA) is 75.6 Å². The van der Waals surface area contributed by atoms with Crippen LogP contribution in [0.15, 0.2) is 41.3 Å². The molecule has 2 aromatic rings. The highest BCUT2D eigenvalue weighted by Crippen LogP contribution is 2.38. The van der Waals surface area contributed by atoms with Gasteiger partial charge in [-0.2, -0.15) is 9.40 Å². The first-order valence-electron chi connectivity index (χ1n) is 8.81. The van der Waals surface area contributed by atoms with Gasteiger partial charge in [0.05, 0.1) is 12.8 Å². The van der Waals surface area contributed by atoms with Gasteiger partial charge in [0.2, 0.25) is 10.0 Å². The molecule has 2 heterocycles. The zero-order chi connectivity index (χ0) is 18.1.